The van der Waals surface area contributed by atoms with Crippen molar-refractivity contribution in [3.8, 4) is 45.6 Å². The highest BCUT2D eigenvalue weighted by atomic mass is 32.2. The fourth-order valence-electron chi connectivity index (χ4n) is 19.4. The maximum absolute atomic E-state index is 6.45. The van der Waals surface area contributed by atoms with E-state index in [0.717, 1.165) is 243 Å². The lowest BCUT2D eigenvalue weighted by Gasteiger charge is -2.29. The van der Waals surface area contributed by atoms with E-state index >= 15 is 0 Å². The van der Waals surface area contributed by atoms with Crippen LogP contribution in [0.3, 0.4) is 0 Å². The van der Waals surface area contributed by atoms with E-state index in [-0.39, 0.29) is 0 Å². The molecule has 8 bridgehead atoms. The predicted octanol–water partition coefficient (Wildman–Crippen LogP) is 31.5. The second-order valence-corrected chi connectivity index (χ2v) is 42.6. The number of benzene rings is 8. The Morgan fingerprint density at radius 1 is 0.233 bits per heavy atom. The van der Waals surface area contributed by atoms with Crippen LogP contribution in [0.2, 0.25) is 0 Å². The van der Waals surface area contributed by atoms with Crippen LogP contribution >= 0.6 is 47.0 Å². The molecular formula is C104H126N12S4. The van der Waals surface area contributed by atoms with Gasteiger partial charge in [-0.1, -0.05) is 258 Å². The number of rotatable bonds is 32. The average Bonchev–Trinajstić information content (AvgIpc) is 1.54. The Labute approximate surface area is 730 Å². The van der Waals surface area contributed by atoms with Crippen molar-refractivity contribution in [2.24, 2.45) is 47.3 Å². The number of aromatic nitrogens is 8. The first-order valence-electron chi connectivity index (χ1n) is 46.0. The topological polar surface area (TPSA) is 157 Å². The number of H-pyrrole nitrogens is 2. The largest absolute Gasteiger partial charge is 0.353 e. The molecule has 626 valence electrons. The van der Waals surface area contributed by atoms with E-state index in [2.05, 4.69) is 239 Å². The molecule has 6 N–H and O–H groups in total. The Kier molecular flexibility index (Phi) is 25.4. The molecule has 0 spiro atoms. The molecule has 0 fully saturated rings. The molecule has 0 amide bonds. The number of fused-ring (bicyclic) bond motifs is 28. The Morgan fingerprint density at radius 2 is 0.433 bits per heavy atom. The molecule has 6 aliphatic rings. The molecule has 16 heteroatoms. The van der Waals surface area contributed by atoms with Crippen molar-refractivity contribution in [2.75, 3.05) is 21.3 Å². The molecule has 9 heterocycles. The van der Waals surface area contributed by atoms with Gasteiger partial charge in [0.1, 0.15) is 22.6 Å². The molecule has 0 saturated carbocycles. The summed E-state index contributed by atoms with van der Waals surface area (Å²) in [6.45, 7) is 38.1. The van der Waals surface area contributed by atoms with Crippen LogP contribution in [-0.2, 0) is 51.4 Å². The van der Waals surface area contributed by atoms with Gasteiger partial charge in [0.25, 0.3) is 0 Å². The van der Waals surface area contributed by atoms with Crippen molar-refractivity contribution in [1.29, 1.82) is 0 Å². The van der Waals surface area contributed by atoms with Crippen molar-refractivity contribution >= 4 is 137 Å². The highest BCUT2D eigenvalue weighted by Gasteiger charge is 2.39. The third kappa shape index (κ3) is 17.1. The van der Waals surface area contributed by atoms with E-state index < -0.39 is 0 Å². The monoisotopic (exact) mass is 1670 g/mol. The maximum atomic E-state index is 6.45. The van der Waals surface area contributed by atoms with Gasteiger partial charge in [-0.3, -0.25) is 0 Å². The average molecular weight is 1670 g/mol. The number of hydrogen-bond acceptors (Lipinski definition) is 14. The Morgan fingerprint density at radius 3 is 0.692 bits per heavy atom. The Balaban J connectivity index is 1.12. The molecule has 0 radical (unpaired) electrons. The molecular weight excluding hydrogens is 1550 g/mol. The summed E-state index contributed by atoms with van der Waals surface area (Å²) in [6, 6.07) is 35.9. The number of nitrogens with zero attached hydrogens (tertiary/aromatic N) is 6. The summed E-state index contributed by atoms with van der Waals surface area (Å²) in [4.78, 5) is 57.1. The zero-order valence-corrected chi connectivity index (χ0v) is 77.4. The first-order chi connectivity index (χ1) is 58.1. The zero-order valence-electron chi connectivity index (χ0n) is 74.1. The zero-order chi connectivity index (χ0) is 83.3. The summed E-state index contributed by atoms with van der Waals surface area (Å²) in [5.41, 5.74) is 27.1. The van der Waals surface area contributed by atoms with Gasteiger partial charge >= 0.3 is 0 Å². The normalized spacial score (nSPS) is 13.5. The van der Waals surface area contributed by atoms with Crippen LogP contribution in [0, 0.1) is 47.3 Å². The van der Waals surface area contributed by atoms with Crippen LogP contribution in [0.5, 0.6) is 0 Å². The maximum Gasteiger partial charge on any atom is 0.165 e. The van der Waals surface area contributed by atoms with Gasteiger partial charge in [-0.15, -0.1) is 0 Å². The molecule has 6 aliphatic heterocycles. The van der Waals surface area contributed by atoms with E-state index in [4.69, 9.17) is 29.9 Å². The number of anilines is 8. The Hall–Kier alpha value is -8.28. The van der Waals surface area contributed by atoms with E-state index in [1.54, 1.807) is 0 Å². The van der Waals surface area contributed by atoms with E-state index in [1.807, 2.05) is 47.0 Å². The van der Waals surface area contributed by atoms with Gasteiger partial charge in [0, 0.05) is 83.0 Å². The molecule has 3 aromatic heterocycles. The van der Waals surface area contributed by atoms with E-state index in [1.165, 1.54) is 106 Å². The van der Waals surface area contributed by atoms with Crippen molar-refractivity contribution in [3.05, 3.63) is 142 Å². The fraction of sp³-hybridized carbons (Fsp3) is 0.462. The van der Waals surface area contributed by atoms with Gasteiger partial charge < -0.3 is 31.2 Å². The first kappa shape index (κ1) is 84.0. The Bertz CT molecular complexity index is 5200. The van der Waals surface area contributed by atoms with Crippen LogP contribution in [0.15, 0.2) is 136 Å². The highest BCUT2D eigenvalue weighted by molar-refractivity contribution is 8.00. The van der Waals surface area contributed by atoms with Crippen molar-refractivity contribution in [2.45, 2.75) is 304 Å². The van der Waals surface area contributed by atoms with Crippen LogP contribution in [0.1, 0.15) is 258 Å². The summed E-state index contributed by atoms with van der Waals surface area (Å²) in [6.07, 6.45) is 23.4. The molecule has 0 atom stereocenters. The molecule has 0 aliphatic carbocycles. The minimum absolute atomic E-state index is 0.513. The summed E-state index contributed by atoms with van der Waals surface area (Å²) in [7, 11) is 0. The lowest BCUT2D eigenvalue weighted by Crippen LogP contribution is -2.10. The SMILES string of the molecule is CC(C)CCCc1c2c(c(CCCC(C)C)c3c1-c1nc-3nc3[nH]c(nc4nc(nc5[nH]c(n1)c1c(CCCC(C)C)c6c(c(CCCC(C)C)c51)Nc1ccccc1S6)-c1c(CCCC(C)C)c5c(c(CCCC(C)C)c1-4)Nc1ccccc1S5)c1c(CCCC(C)C)c4c(c(CCCC(C)C)c31)Nc1ccccc1S4)Sc1ccccc1N2. The van der Waals surface area contributed by atoms with Gasteiger partial charge in [0.15, 0.2) is 23.3 Å². The molecule has 0 saturated heterocycles. The standard InChI is InChI=1S/C104H126N12S4/c1-57(2)33-25-41-65-81-85(69(45-29-37-61(9)10)93-89(65)105-73-49-17-21-53-77(73)117-93)101-109-97(81)113-102-86-70(46-30-38-62(11)12)94-90(106-74-50-18-22-54-78(74)118-94)66(42-26-34-58(3)4)82(86)99(110-102)115-104-88-72(48-32-40-64(15)16)96-92(108-76-52-20-24-56-80(76)120-96)68(44-28-36-60(7)8)84(88)100(112-104)116-103-87-71(47-31-39-63(13)14)95-91(107-75-51-19-23-55-79(75)119-95)67(43-27-35-59(5)6)83(87)98(111-103)114-101/h17-24,49-64,105-108H,25-48H2,1-16H3,(H2,109,110,111,112,113,114,115,116). The van der Waals surface area contributed by atoms with Crippen LogP contribution in [-0.4, -0.2) is 39.9 Å². The van der Waals surface area contributed by atoms with Gasteiger partial charge in [0.2, 0.25) is 0 Å². The van der Waals surface area contributed by atoms with E-state index in [0.29, 0.717) is 70.6 Å². The summed E-state index contributed by atoms with van der Waals surface area (Å²) < 4.78 is 0. The predicted molar refractivity (Wildman–Crippen MR) is 514 cm³/mol. The molecule has 17 rings (SSSR count). The third-order valence-corrected chi connectivity index (χ3v) is 30.3. The quantitative estimate of drug-likeness (QED) is 0.0237. The third-order valence-electron chi connectivity index (χ3n) is 25.3. The van der Waals surface area contributed by atoms with Gasteiger partial charge in [-0.25, -0.2) is 29.9 Å². The molecule has 11 aromatic rings. The number of hydrogen-bond donors (Lipinski definition) is 6. The fourth-order valence-corrected chi connectivity index (χ4v) is 24.2. The lowest BCUT2D eigenvalue weighted by atomic mass is 9.88. The van der Waals surface area contributed by atoms with Gasteiger partial charge in [0.05, 0.1) is 45.5 Å². The highest BCUT2D eigenvalue weighted by Crippen LogP contribution is 2.60. The second-order valence-electron chi connectivity index (χ2n) is 38.4. The van der Waals surface area contributed by atoms with E-state index in [9.17, 15) is 0 Å². The van der Waals surface area contributed by atoms with Crippen LogP contribution < -0.4 is 21.3 Å². The molecule has 8 aromatic carbocycles. The minimum atomic E-state index is 0.513. The lowest BCUT2D eigenvalue weighted by molar-refractivity contribution is 0.553. The van der Waals surface area contributed by atoms with Crippen LogP contribution in [0.4, 0.5) is 45.5 Å². The molecule has 12 nitrogen and oxygen atoms in total. The summed E-state index contributed by atoms with van der Waals surface area (Å²) in [5, 5.41) is 21.4. The second kappa shape index (κ2) is 36.3. The van der Waals surface area contributed by atoms with Crippen molar-refractivity contribution in [3.63, 3.8) is 0 Å². The number of aryl methyl sites for hydroxylation is 4. The number of para-hydroxylation sites is 4. The van der Waals surface area contributed by atoms with Crippen molar-refractivity contribution < 1.29 is 0 Å². The van der Waals surface area contributed by atoms with Crippen LogP contribution in [0.25, 0.3) is 89.7 Å². The smallest absolute Gasteiger partial charge is 0.165 e. The summed E-state index contributed by atoms with van der Waals surface area (Å²) >= 11 is 7.74. The first-order valence-corrected chi connectivity index (χ1v) is 49.2. The summed E-state index contributed by atoms with van der Waals surface area (Å²) in [5.74, 6) is 6.91. The molecule has 0 unspecified atom stereocenters. The number of nitrogens with one attached hydrogen (secondary N) is 6. The van der Waals surface area contributed by atoms with Gasteiger partial charge in [-0.05, 0) is 243 Å². The van der Waals surface area contributed by atoms with Crippen molar-refractivity contribution in [1.82, 2.24) is 39.9 Å². The number of aromatic amines is 2. The molecule has 120 heavy (non-hydrogen) atoms. The van der Waals surface area contributed by atoms with Gasteiger partial charge in [-0.2, -0.15) is 0 Å². The minimum Gasteiger partial charge on any atom is -0.353 e.